The van der Waals surface area contributed by atoms with Gasteiger partial charge in [0, 0.05) is 10.4 Å². The quantitative estimate of drug-likeness (QED) is 0.782. The summed E-state index contributed by atoms with van der Waals surface area (Å²) in [5, 5.41) is 1.68. The lowest BCUT2D eigenvalue weighted by Gasteiger charge is -2.04. The van der Waals surface area contributed by atoms with E-state index in [0.717, 1.165) is 23.0 Å². The number of benzene rings is 1. The zero-order chi connectivity index (χ0) is 10.1. The smallest absolute Gasteiger partial charge is 0.220 e. The molecule has 1 heterocycles. The van der Waals surface area contributed by atoms with Crippen molar-refractivity contribution in [2.24, 2.45) is 0 Å². The molecule has 0 spiro atoms. The number of nitrogens with two attached hydrogens (primary N) is 1. The van der Waals surface area contributed by atoms with Crippen LogP contribution in [0, 0.1) is 0 Å². The van der Waals surface area contributed by atoms with Crippen molar-refractivity contribution in [2.45, 2.75) is 13.3 Å². The Morgan fingerprint density at radius 1 is 1.36 bits per heavy atom. The average molecular weight is 208 g/mol. The van der Waals surface area contributed by atoms with Crippen molar-refractivity contribution in [1.29, 1.82) is 0 Å². The van der Waals surface area contributed by atoms with E-state index in [4.69, 9.17) is 17.3 Å². The van der Waals surface area contributed by atoms with Crippen LogP contribution in [0.2, 0.25) is 5.02 Å². The zero-order valence-electron chi connectivity index (χ0n) is 7.79. The largest absolute Gasteiger partial charge is 0.368 e. The van der Waals surface area contributed by atoms with Crippen molar-refractivity contribution >= 4 is 28.5 Å². The molecule has 2 aromatic rings. The van der Waals surface area contributed by atoms with E-state index >= 15 is 0 Å². The molecule has 1 aromatic heterocycles. The Morgan fingerprint density at radius 3 is 2.86 bits per heavy atom. The molecule has 0 amide bonds. The van der Waals surface area contributed by atoms with E-state index in [2.05, 4.69) is 9.97 Å². The van der Waals surface area contributed by atoms with Crippen LogP contribution in [0.25, 0.3) is 10.9 Å². The van der Waals surface area contributed by atoms with E-state index in [1.807, 2.05) is 19.1 Å². The van der Waals surface area contributed by atoms with Gasteiger partial charge >= 0.3 is 0 Å². The lowest BCUT2D eigenvalue weighted by molar-refractivity contribution is 1.04. The zero-order valence-corrected chi connectivity index (χ0v) is 8.54. The van der Waals surface area contributed by atoms with Crippen LogP contribution in [0.1, 0.15) is 12.6 Å². The second kappa shape index (κ2) is 3.42. The molecule has 2 N–H and O–H groups in total. The van der Waals surface area contributed by atoms with E-state index in [1.54, 1.807) is 6.07 Å². The molecule has 72 valence electrons. The van der Waals surface area contributed by atoms with Crippen LogP contribution >= 0.6 is 11.6 Å². The van der Waals surface area contributed by atoms with Gasteiger partial charge in [0.1, 0.15) is 0 Å². The minimum atomic E-state index is 0.316. The van der Waals surface area contributed by atoms with Gasteiger partial charge in [-0.1, -0.05) is 18.5 Å². The SMILES string of the molecule is CCc1nc(N)nc2ccc(Cl)cc12. The van der Waals surface area contributed by atoms with Crippen LogP contribution in [0.3, 0.4) is 0 Å². The molecule has 0 fully saturated rings. The topological polar surface area (TPSA) is 51.8 Å². The van der Waals surface area contributed by atoms with Gasteiger partial charge in [0.25, 0.3) is 0 Å². The van der Waals surface area contributed by atoms with Gasteiger partial charge in [0.15, 0.2) is 0 Å². The molecule has 0 aliphatic rings. The summed E-state index contributed by atoms with van der Waals surface area (Å²) in [5.74, 6) is 0.316. The molecule has 0 atom stereocenters. The van der Waals surface area contributed by atoms with Crippen molar-refractivity contribution in [3.05, 3.63) is 28.9 Å². The fourth-order valence-corrected chi connectivity index (χ4v) is 1.63. The molecule has 0 aliphatic carbocycles. The molecule has 3 nitrogen and oxygen atoms in total. The van der Waals surface area contributed by atoms with Crippen LogP contribution in [0.15, 0.2) is 18.2 Å². The maximum Gasteiger partial charge on any atom is 0.220 e. The monoisotopic (exact) mass is 207 g/mol. The Kier molecular flexibility index (Phi) is 2.25. The predicted octanol–water partition coefficient (Wildman–Crippen LogP) is 2.43. The fourth-order valence-electron chi connectivity index (χ4n) is 1.45. The Balaban J connectivity index is 2.81. The predicted molar refractivity (Wildman–Crippen MR) is 58.3 cm³/mol. The lowest BCUT2D eigenvalue weighted by Crippen LogP contribution is -1.99. The van der Waals surface area contributed by atoms with Gasteiger partial charge in [-0.15, -0.1) is 0 Å². The van der Waals surface area contributed by atoms with Crippen LogP contribution in [0.5, 0.6) is 0 Å². The first kappa shape index (κ1) is 9.21. The molecule has 0 bridgehead atoms. The summed E-state index contributed by atoms with van der Waals surface area (Å²) < 4.78 is 0. The number of nitrogen functional groups attached to an aromatic ring is 1. The Hall–Kier alpha value is -1.35. The molecule has 0 saturated heterocycles. The summed E-state index contributed by atoms with van der Waals surface area (Å²) in [7, 11) is 0. The summed E-state index contributed by atoms with van der Waals surface area (Å²) in [6.45, 7) is 2.03. The van der Waals surface area contributed by atoms with E-state index in [1.165, 1.54) is 0 Å². The molecule has 2 rings (SSSR count). The van der Waals surface area contributed by atoms with Gasteiger partial charge in [-0.05, 0) is 24.6 Å². The summed E-state index contributed by atoms with van der Waals surface area (Å²) in [4.78, 5) is 8.30. The van der Waals surface area contributed by atoms with Gasteiger partial charge in [-0.3, -0.25) is 0 Å². The van der Waals surface area contributed by atoms with Crippen LogP contribution < -0.4 is 5.73 Å². The molecule has 0 aliphatic heterocycles. The third kappa shape index (κ3) is 1.51. The second-order valence-corrected chi connectivity index (χ2v) is 3.48. The van der Waals surface area contributed by atoms with Gasteiger partial charge in [-0.2, -0.15) is 0 Å². The maximum atomic E-state index is 5.90. The van der Waals surface area contributed by atoms with Crippen molar-refractivity contribution in [3.63, 3.8) is 0 Å². The average Bonchev–Trinajstić information content (AvgIpc) is 2.17. The van der Waals surface area contributed by atoms with E-state index < -0.39 is 0 Å². The van der Waals surface area contributed by atoms with Crippen molar-refractivity contribution < 1.29 is 0 Å². The Bertz CT molecular complexity index is 482. The number of anilines is 1. The fraction of sp³-hybridized carbons (Fsp3) is 0.200. The van der Waals surface area contributed by atoms with Gasteiger partial charge in [0.05, 0.1) is 11.2 Å². The number of halogens is 1. The number of nitrogens with zero attached hydrogens (tertiary/aromatic N) is 2. The minimum absolute atomic E-state index is 0.316. The summed E-state index contributed by atoms with van der Waals surface area (Å²) in [5.41, 5.74) is 7.37. The van der Waals surface area contributed by atoms with Crippen LogP contribution in [0.4, 0.5) is 5.95 Å². The number of hydrogen-bond acceptors (Lipinski definition) is 3. The highest BCUT2D eigenvalue weighted by atomic mass is 35.5. The van der Waals surface area contributed by atoms with E-state index in [-0.39, 0.29) is 0 Å². The number of fused-ring (bicyclic) bond motifs is 1. The summed E-state index contributed by atoms with van der Waals surface area (Å²) in [6.07, 6.45) is 0.823. The van der Waals surface area contributed by atoms with Gasteiger partial charge in [-0.25, -0.2) is 9.97 Å². The van der Waals surface area contributed by atoms with E-state index in [9.17, 15) is 0 Å². The molecule has 0 radical (unpaired) electrons. The molecule has 0 unspecified atom stereocenters. The molecule has 14 heavy (non-hydrogen) atoms. The van der Waals surface area contributed by atoms with Crippen LogP contribution in [-0.4, -0.2) is 9.97 Å². The normalized spacial score (nSPS) is 10.7. The highest BCUT2D eigenvalue weighted by Gasteiger charge is 2.04. The summed E-state index contributed by atoms with van der Waals surface area (Å²) >= 11 is 5.90. The molecular formula is C10H10ClN3. The molecule has 0 saturated carbocycles. The maximum absolute atomic E-state index is 5.90. The number of rotatable bonds is 1. The minimum Gasteiger partial charge on any atom is -0.368 e. The number of aryl methyl sites for hydroxylation is 1. The van der Waals surface area contributed by atoms with Crippen molar-refractivity contribution in [2.75, 3.05) is 5.73 Å². The first-order valence-corrected chi connectivity index (χ1v) is 4.80. The first-order chi connectivity index (χ1) is 6.70. The van der Waals surface area contributed by atoms with Crippen molar-refractivity contribution in [1.82, 2.24) is 9.97 Å². The van der Waals surface area contributed by atoms with Gasteiger partial charge in [0.2, 0.25) is 5.95 Å². The second-order valence-electron chi connectivity index (χ2n) is 3.04. The first-order valence-electron chi connectivity index (χ1n) is 4.42. The Morgan fingerprint density at radius 2 is 2.14 bits per heavy atom. The van der Waals surface area contributed by atoms with E-state index in [0.29, 0.717) is 11.0 Å². The third-order valence-corrected chi connectivity index (χ3v) is 2.32. The molecular weight excluding hydrogens is 198 g/mol. The highest BCUT2D eigenvalue weighted by Crippen LogP contribution is 2.21. The highest BCUT2D eigenvalue weighted by molar-refractivity contribution is 6.31. The van der Waals surface area contributed by atoms with Gasteiger partial charge < -0.3 is 5.73 Å². The molecule has 4 heteroatoms. The summed E-state index contributed by atoms with van der Waals surface area (Å²) in [6, 6.07) is 5.53. The van der Waals surface area contributed by atoms with Crippen LogP contribution in [-0.2, 0) is 6.42 Å². The number of aromatic nitrogens is 2. The molecule has 1 aromatic carbocycles. The Labute approximate surface area is 86.9 Å². The standard InChI is InChI=1S/C10H10ClN3/c1-2-8-7-5-6(11)3-4-9(7)14-10(12)13-8/h3-5H,2H2,1H3,(H2,12,13,14). The lowest BCUT2D eigenvalue weighted by atomic mass is 10.1. The number of hydrogen-bond donors (Lipinski definition) is 1. The van der Waals surface area contributed by atoms with Crippen molar-refractivity contribution in [3.8, 4) is 0 Å². The third-order valence-electron chi connectivity index (χ3n) is 2.09.